The van der Waals surface area contributed by atoms with Gasteiger partial charge in [-0.2, -0.15) is 0 Å². The Kier molecular flexibility index (Phi) is 19.4. The quantitative estimate of drug-likeness (QED) is 0.161. The molecule has 1 rings (SSSR count). The number of carbonyl (C=O) groups excluding carboxylic acids is 2. The van der Waals surface area contributed by atoms with Gasteiger partial charge in [-0.05, 0) is 64.1 Å². The van der Waals surface area contributed by atoms with Crippen LogP contribution in [0.3, 0.4) is 0 Å². The second-order valence-electron chi connectivity index (χ2n) is 12.6. The Balaban J connectivity index is 2.86. The fourth-order valence-corrected chi connectivity index (χ4v) is 5.22. The van der Waals surface area contributed by atoms with E-state index in [1.807, 2.05) is 0 Å². The zero-order chi connectivity index (χ0) is 29.0. The SMILES string of the molecule is CC(C)NCCCCC1CC(=O)CC(CCCCNC(C)C)N=C(N)CC(CCCCNC(C)C)NC(=O)C1. The summed E-state index contributed by atoms with van der Waals surface area (Å²) in [6, 6.07) is 1.35. The highest BCUT2D eigenvalue weighted by molar-refractivity contribution is 5.85. The summed E-state index contributed by atoms with van der Waals surface area (Å²) in [5.41, 5.74) is 6.43. The number of hydrogen-bond acceptors (Lipinski definition) is 7. The Bertz CT molecular complexity index is 695. The standard InChI is InChI=1S/C31H62N6O2/c1-23(2)33-16-10-7-13-26-19-29(38)21-27(14-8-11-17-34-24(3)4)36-30(32)22-28(37-31(39)20-26)15-9-12-18-35-25(5)6/h23-28,33-35H,7-22H2,1-6H3,(H2,32,36)(H,37,39). The number of carbonyl (C=O) groups is 2. The molecule has 0 aromatic rings. The number of nitrogens with two attached hydrogens (primary N) is 1. The van der Waals surface area contributed by atoms with E-state index in [4.69, 9.17) is 10.7 Å². The molecule has 1 aliphatic rings. The number of rotatable bonds is 18. The second-order valence-corrected chi connectivity index (χ2v) is 12.6. The summed E-state index contributed by atoms with van der Waals surface area (Å²) in [4.78, 5) is 31.0. The maximum absolute atomic E-state index is 13.1. The third-order valence-electron chi connectivity index (χ3n) is 7.26. The van der Waals surface area contributed by atoms with E-state index >= 15 is 0 Å². The average molecular weight is 551 g/mol. The summed E-state index contributed by atoms with van der Waals surface area (Å²) in [6.07, 6.45) is 10.8. The van der Waals surface area contributed by atoms with Gasteiger partial charge in [0.2, 0.25) is 5.91 Å². The molecular formula is C31H62N6O2. The van der Waals surface area contributed by atoms with Gasteiger partial charge in [0.15, 0.2) is 0 Å². The van der Waals surface area contributed by atoms with Crippen LogP contribution in [0.1, 0.15) is 125 Å². The van der Waals surface area contributed by atoms with Gasteiger partial charge in [0.25, 0.3) is 0 Å². The molecule has 0 aromatic heterocycles. The average Bonchev–Trinajstić information content (AvgIpc) is 2.81. The predicted octanol–water partition coefficient (Wildman–Crippen LogP) is 4.46. The minimum Gasteiger partial charge on any atom is -0.387 e. The summed E-state index contributed by atoms with van der Waals surface area (Å²) < 4.78 is 0. The molecule has 3 unspecified atom stereocenters. The Morgan fingerprint density at radius 1 is 0.718 bits per heavy atom. The van der Waals surface area contributed by atoms with Crippen molar-refractivity contribution in [3.63, 3.8) is 0 Å². The number of amides is 1. The summed E-state index contributed by atoms with van der Waals surface area (Å²) in [5, 5.41) is 13.6. The maximum atomic E-state index is 13.1. The molecule has 0 saturated heterocycles. The van der Waals surface area contributed by atoms with Crippen LogP contribution in [0.25, 0.3) is 0 Å². The van der Waals surface area contributed by atoms with Crippen molar-refractivity contribution in [3.05, 3.63) is 0 Å². The molecule has 8 heteroatoms. The van der Waals surface area contributed by atoms with Gasteiger partial charge in [-0.1, -0.05) is 60.8 Å². The van der Waals surface area contributed by atoms with Crippen molar-refractivity contribution in [2.24, 2.45) is 16.6 Å². The smallest absolute Gasteiger partial charge is 0.220 e. The third-order valence-corrected chi connectivity index (χ3v) is 7.26. The van der Waals surface area contributed by atoms with Crippen LogP contribution < -0.4 is 27.0 Å². The fourth-order valence-electron chi connectivity index (χ4n) is 5.22. The van der Waals surface area contributed by atoms with E-state index < -0.39 is 0 Å². The number of aliphatic imine (C=N–C) groups is 1. The van der Waals surface area contributed by atoms with E-state index in [0.717, 1.165) is 77.4 Å². The molecule has 228 valence electrons. The van der Waals surface area contributed by atoms with Crippen LogP contribution in [-0.4, -0.2) is 67.4 Å². The Morgan fingerprint density at radius 2 is 1.23 bits per heavy atom. The molecule has 39 heavy (non-hydrogen) atoms. The zero-order valence-electron chi connectivity index (χ0n) is 26.1. The molecule has 6 N–H and O–H groups in total. The van der Waals surface area contributed by atoms with Gasteiger partial charge < -0.3 is 27.0 Å². The van der Waals surface area contributed by atoms with Gasteiger partial charge in [0, 0.05) is 49.9 Å². The molecule has 0 aliphatic carbocycles. The number of unbranched alkanes of at least 4 members (excludes halogenated alkanes) is 3. The van der Waals surface area contributed by atoms with E-state index in [1.165, 1.54) is 0 Å². The molecule has 0 spiro atoms. The minimum atomic E-state index is -0.0709. The molecule has 0 aromatic carbocycles. The van der Waals surface area contributed by atoms with E-state index in [9.17, 15) is 9.59 Å². The van der Waals surface area contributed by atoms with Gasteiger partial charge in [-0.3, -0.25) is 14.6 Å². The van der Waals surface area contributed by atoms with Crippen LogP contribution >= 0.6 is 0 Å². The molecule has 0 radical (unpaired) electrons. The van der Waals surface area contributed by atoms with E-state index in [1.54, 1.807) is 0 Å². The lowest BCUT2D eigenvalue weighted by Gasteiger charge is -2.24. The van der Waals surface area contributed by atoms with Crippen LogP contribution in [0, 0.1) is 5.92 Å². The first-order valence-corrected chi connectivity index (χ1v) is 15.9. The van der Waals surface area contributed by atoms with E-state index in [-0.39, 0.29) is 29.7 Å². The zero-order valence-corrected chi connectivity index (χ0v) is 26.1. The topological polar surface area (TPSA) is 121 Å². The molecule has 0 fully saturated rings. The molecule has 1 aliphatic heterocycles. The fraction of sp³-hybridized carbons (Fsp3) is 0.903. The van der Waals surface area contributed by atoms with Crippen molar-refractivity contribution in [3.8, 4) is 0 Å². The minimum absolute atomic E-state index is 0.0118. The van der Waals surface area contributed by atoms with E-state index in [0.29, 0.717) is 49.6 Å². The first kappa shape index (κ1) is 35.5. The van der Waals surface area contributed by atoms with Crippen LogP contribution in [-0.2, 0) is 9.59 Å². The molecular weight excluding hydrogens is 488 g/mol. The Labute approximate surface area is 239 Å². The van der Waals surface area contributed by atoms with Gasteiger partial charge >= 0.3 is 0 Å². The highest BCUT2D eigenvalue weighted by atomic mass is 16.1. The lowest BCUT2D eigenvalue weighted by molar-refractivity contribution is -0.124. The van der Waals surface area contributed by atoms with Crippen molar-refractivity contribution in [2.45, 2.75) is 155 Å². The van der Waals surface area contributed by atoms with Gasteiger partial charge in [-0.25, -0.2) is 0 Å². The molecule has 3 atom stereocenters. The van der Waals surface area contributed by atoms with Crippen molar-refractivity contribution in [1.29, 1.82) is 0 Å². The first-order chi connectivity index (χ1) is 18.5. The van der Waals surface area contributed by atoms with Crippen molar-refractivity contribution in [2.75, 3.05) is 19.6 Å². The normalized spacial score (nSPS) is 21.7. The van der Waals surface area contributed by atoms with Crippen LogP contribution in [0.5, 0.6) is 0 Å². The largest absolute Gasteiger partial charge is 0.387 e. The lowest BCUT2D eigenvalue weighted by atomic mass is 9.89. The molecule has 0 saturated carbocycles. The van der Waals surface area contributed by atoms with Gasteiger partial charge in [0.1, 0.15) is 5.78 Å². The Morgan fingerprint density at radius 3 is 1.77 bits per heavy atom. The molecule has 8 nitrogen and oxygen atoms in total. The van der Waals surface area contributed by atoms with Gasteiger partial charge in [-0.15, -0.1) is 0 Å². The lowest BCUT2D eigenvalue weighted by Crippen LogP contribution is -2.39. The molecule has 0 bridgehead atoms. The number of amidine groups is 1. The number of ketones is 1. The first-order valence-electron chi connectivity index (χ1n) is 15.9. The second kappa shape index (κ2) is 21.3. The number of Topliss-reactive ketones (excluding diaryl/α,β-unsaturated/α-hetero) is 1. The van der Waals surface area contributed by atoms with Crippen LogP contribution in [0.4, 0.5) is 0 Å². The van der Waals surface area contributed by atoms with Crippen molar-refractivity contribution in [1.82, 2.24) is 21.3 Å². The van der Waals surface area contributed by atoms with Crippen LogP contribution in [0.15, 0.2) is 4.99 Å². The molecule has 1 amide bonds. The highest BCUT2D eigenvalue weighted by Crippen LogP contribution is 2.22. The number of hydrogen-bond donors (Lipinski definition) is 5. The summed E-state index contributed by atoms with van der Waals surface area (Å²) >= 11 is 0. The monoisotopic (exact) mass is 550 g/mol. The molecule has 1 heterocycles. The van der Waals surface area contributed by atoms with Crippen molar-refractivity contribution >= 4 is 17.5 Å². The predicted molar refractivity (Wildman–Crippen MR) is 165 cm³/mol. The van der Waals surface area contributed by atoms with Gasteiger partial charge in [0.05, 0.1) is 11.9 Å². The van der Waals surface area contributed by atoms with Crippen molar-refractivity contribution < 1.29 is 9.59 Å². The Hall–Kier alpha value is -1.51. The van der Waals surface area contributed by atoms with Crippen LogP contribution in [0.2, 0.25) is 0 Å². The van der Waals surface area contributed by atoms with E-state index in [2.05, 4.69) is 62.8 Å². The summed E-state index contributed by atoms with van der Waals surface area (Å²) in [6.45, 7) is 15.9. The highest BCUT2D eigenvalue weighted by Gasteiger charge is 2.24. The summed E-state index contributed by atoms with van der Waals surface area (Å²) in [7, 11) is 0. The summed E-state index contributed by atoms with van der Waals surface area (Å²) in [5.74, 6) is 0.906. The third kappa shape index (κ3) is 20.1. The number of nitrogens with one attached hydrogen (secondary N) is 4. The number of nitrogens with zero attached hydrogens (tertiary/aromatic N) is 1. The maximum Gasteiger partial charge on any atom is 0.220 e.